The van der Waals surface area contributed by atoms with Crippen LogP contribution < -0.4 is 5.32 Å². The van der Waals surface area contributed by atoms with Gasteiger partial charge in [-0.2, -0.15) is 0 Å². The fourth-order valence-electron chi connectivity index (χ4n) is 4.41. The fourth-order valence-corrected chi connectivity index (χ4v) is 4.41. The smallest absolute Gasteiger partial charge is 0.233 e. The molecule has 4 atom stereocenters. The van der Waals surface area contributed by atoms with Crippen LogP contribution in [0.3, 0.4) is 0 Å². The maximum atomic E-state index is 12.6. The molecule has 4 rings (SSSR count). The van der Waals surface area contributed by atoms with Gasteiger partial charge >= 0.3 is 0 Å². The monoisotopic (exact) mass is 352 g/mol. The van der Waals surface area contributed by atoms with Crippen LogP contribution in [0.1, 0.15) is 30.1 Å². The van der Waals surface area contributed by atoms with Gasteiger partial charge in [-0.1, -0.05) is 12.2 Å². The van der Waals surface area contributed by atoms with Crippen molar-refractivity contribution in [3.05, 3.63) is 42.0 Å². The number of ketones is 1. The van der Waals surface area contributed by atoms with E-state index in [1.165, 1.54) is 11.8 Å². The molecule has 2 aliphatic carbocycles. The number of benzene rings is 1. The Hall–Kier alpha value is -2.76. The predicted molar refractivity (Wildman–Crippen MR) is 94.1 cm³/mol. The number of hydrogen-bond donors (Lipinski definition) is 1. The molecule has 0 spiro atoms. The van der Waals surface area contributed by atoms with Gasteiger partial charge in [-0.15, -0.1) is 0 Å². The van der Waals surface area contributed by atoms with Crippen molar-refractivity contribution in [2.75, 3.05) is 11.9 Å². The van der Waals surface area contributed by atoms with Gasteiger partial charge in [0.25, 0.3) is 0 Å². The zero-order valence-corrected chi connectivity index (χ0v) is 14.5. The number of nitrogens with zero attached hydrogens (tertiary/aromatic N) is 1. The van der Waals surface area contributed by atoms with Crippen LogP contribution in [0, 0.1) is 23.7 Å². The molecular formula is C20H20N2O4. The van der Waals surface area contributed by atoms with Gasteiger partial charge < -0.3 is 5.32 Å². The van der Waals surface area contributed by atoms with Crippen molar-refractivity contribution in [1.29, 1.82) is 0 Å². The van der Waals surface area contributed by atoms with Crippen LogP contribution in [0.25, 0.3) is 0 Å². The first kappa shape index (κ1) is 16.7. The van der Waals surface area contributed by atoms with Crippen molar-refractivity contribution in [2.24, 2.45) is 23.7 Å². The minimum atomic E-state index is -0.265. The lowest BCUT2D eigenvalue weighted by Gasteiger charge is -2.17. The molecule has 1 aliphatic heterocycles. The summed E-state index contributed by atoms with van der Waals surface area (Å²) in [6, 6.07) is 6.62. The molecule has 6 nitrogen and oxygen atoms in total. The average molecular weight is 352 g/mol. The molecule has 0 radical (unpaired) electrons. The summed E-state index contributed by atoms with van der Waals surface area (Å²) in [5.41, 5.74) is 1.16. The van der Waals surface area contributed by atoms with Crippen molar-refractivity contribution < 1.29 is 19.2 Å². The van der Waals surface area contributed by atoms with E-state index in [1.807, 2.05) is 0 Å². The number of likely N-dealkylation sites (tertiary alicyclic amines) is 1. The Labute approximate surface area is 151 Å². The Morgan fingerprint density at radius 1 is 1.04 bits per heavy atom. The van der Waals surface area contributed by atoms with Crippen LogP contribution in [-0.2, 0) is 14.4 Å². The quantitative estimate of drug-likeness (QED) is 0.499. The molecule has 26 heavy (non-hydrogen) atoms. The minimum absolute atomic E-state index is 0.0389. The summed E-state index contributed by atoms with van der Waals surface area (Å²) >= 11 is 0. The number of carbonyl (C=O) groups is 4. The molecule has 1 N–H and O–H groups in total. The Balaban J connectivity index is 1.34. The van der Waals surface area contributed by atoms with Gasteiger partial charge in [0.2, 0.25) is 17.7 Å². The molecule has 3 amide bonds. The van der Waals surface area contributed by atoms with E-state index in [-0.39, 0.29) is 60.1 Å². The third kappa shape index (κ3) is 2.66. The lowest BCUT2D eigenvalue weighted by atomic mass is 9.85. The number of anilines is 1. The van der Waals surface area contributed by atoms with Crippen molar-refractivity contribution in [3.8, 4) is 0 Å². The molecule has 1 aromatic carbocycles. The van der Waals surface area contributed by atoms with Gasteiger partial charge in [0.15, 0.2) is 5.78 Å². The van der Waals surface area contributed by atoms with E-state index in [0.717, 1.165) is 6.42 Å². The Morgan fingerprint density at radius 3 is 2.15 bits per heavy atom. The van der Waals surface area contributed by atoms with Crippen LogP contribution in [0.2, 0.25) is 0 Å². The lowest BCUT2D eigenvalue weighted by molar-refractivity contribution is -0.140. The Kier molecular flexibility index (Phi) is 3.98. The molecule has 134 valence electrons. The Morgan fingerprint density at radius 2 is 1.62 bits per heavy atom. The molecular weight excluding hydrogens is 332 g/mol. The molecule has 1 saturated heterocycles. The second-order valence-corrected chi connectivity index (χ2v) is 7.26. The van der Waals surface area contributed by atoms with Gasteiger partial charge in [-0.3, -0.25) is 24.1 Å². The fraction of sp³-hybridized carbons (Fsp3) is 0.400. The maximum Gasteiger partial charge on any atom is 0.233 e. The van der Waals surface area contributed by atoms with E-state index in [2.05, 4.69) is 17.5 Å². The average Bonchev–Trinajstić information content (AvgIpc) is 3.28. The van der Waals surface area contributed by atoms with Crippen LogP contribution in [0.5, 0.6) is 0 Å². The first-order valence-corrected chi connectivity index (χ1v) is 8.90. The molecule has 6 heteroatoms. The first-order chi connectivity index (χ1) is 12.5. The second-order valence-electron chi connectivity index (χ2n) is 7.26. The molecule has 2 bridgehead atoms. The van der Waals surface area contributed by atoms with E-state index in [0.29, 0.717) is 11.3 Å². The standard InChI is InChI=1S/C20H20N2O4/c1-11(23)12-4-6-15(7-5-12)21-16(24)8-9-22-19(25)17-13-2-3-14(10-13)18(17)20(22)26/h2-7,13-14,17-18H,8-10H2,1H3,(H,21,24)/t13-,14-,17+,18+/m1/s1. The molecule has 2 fully saturated rings. The highest BCUT2D eigenvalue weighted by atomic mass is 16.2. The van der Waals surface area contributed by atoms with Gasteiger partial charge in [-0.25, -0.2) is 0 Å². The van der Waals surface area contributed by atoms with Gasteiger partial charge in [0.05, 0.1) is 11.8 Å². The second kappa shape index (κ2) is 6.20. The van der Waals surface area contributed by atoms with Crippen LogP contribution >= 0.6 is 0 Å². The number of rotatable bonds is 5. The minimum Gasteiger partial charge on any atom is -0.326 e. The summed E-state index contributed by atoms with van der Waals surface area (Å²) < 4.78 is 0. The highest BCUT2D eigenvalue weighted by molar-refractivity contribution is 6.06. The summed E-state index contributed by atoms with van der Waals surface area (Å²) in [6.45, 7) is 1.59. The number of Topliss-reactive ketones (excluding diaryl/α,β-unsaturated/α-hetero) is 1. The van der Waals surface area contributed by atoms with Crippen LogP contribution in [-0.4, -0.2) is 34.9 Å². The van der Waals surface area contributed by atoms with E-state index in [4.69, 9.17) is 0 Å². The van der Waals surface area contributed by atoms with Gasteiger partial charge in [0.1, 0.15) is 0 Å². The predicted octanol–water partition coefficient (Wildman–Crippen LogP) is 2.02. The van der Waals surface area contributed by atoms with Crippen molar-refractivity contribution in [2.45, 2.75) is 19.8 Å². The third-order valence-electron chi connectivity index (χ3n) is 5.70. The van der Waals surface area contributed by atoms with E-state index in [9.17, 15) is 19.2 Å². The molecule has 1 heterocycles. The zero-order valence-electron chi connectivity index (χ0n) is 14.5. The molecule has 0 aromatic heterocycles. The van der Waals surface area contributed by atoms with Crippen molar-refractivity contribution in [1.82, 2.24) is 4.90 Å². The lowest BCUT2D eigenvalue weighted by Crippen LogP contribution is -2.35. The number of fused-ring (bicyclic) bond motifs is 5. The van der Waals surface area contributed by atoms with E-state index >= 15 is 0 Å². The van der Waals surface area contributed by atoms with E-state index < -0.39 is 0 Å². The molecule has 3 aliphatic rings. The highest BCUT2D eigenvalue weighted by Crippen LogP contribution is 2.52. The third-order valence-corrected chi connectivity index (χ3v) is 5.70. The summed E-state index contributed by atoms with van der Waals surface area (Å²) in [5, 5.41) is 2.73. The highest BCUT2D eigenvalue weighted by Gasteiger charge is 2.58. The number of imide groups is 1. The van der Waals surface area contributed by atoms with Crippen molar-refractivity contribution in [3.63, 3.8) is 0 Å². The molecule has 0 unspecified atom stereocenters. The topological polar surface area (TPSA) is 83.6 Å². The zero-order chi connectivity index (χ0) is 18.4. The van der Waals surface area contributed by atoms with E-state index in [1.54, 1.807) is 24.3 Å². The largest absolute Gasteiger partial charge is 0.326 e. The summed E-state index contributed by atoms with van der Waals surface area (Å²) in [4.78, 5) is 49.8. The van der Waals surface area contributed by atoms with Crippen molar-refractivity contribution >= 4 is 29.2 Å². The molecule has 1 saturated carbocycles. The number of hydrogen-bond acceptors (Lipinski definition) is 4. The summed E-state index contributed by atoms with van der Waals surface area (Å²) in [6.07, 6.45) is 5.07. The number of carbonyl (C=O) groups excluding carboxylic acids is 4. The van der Waals surface area contributed by atoms with Gasteiger partial charge in [-0.05, 0) is 49.4 Å². The molecule has 1 aromatic rings. The first-order valence-electron chi connectivity index (χ1n) is 8.90. The van der Waals surface area contributed by atoms with Gasteiger partial charge in [0, 0.05) is 24.2 Å². The number of nitrogens with one attached hydrogen (secondary N) is 1. The number of amides is 3. The Bertz CT molecular complexity index is 797. The number of allylic oxidation sites excluding steroid dienone is 2. The van der Waals surface area contributed by atoms with Crippen LogP contribution in [0.4, 0.5) is 5.69 Å². The SMILES string of the molecule is CC(=O)c1ccc(NC(=O)CCN2C(=O)[C@@H]3[C@@H](C2=O)[C@@H]2C=C[C@@H]3C2)cc1. The summed E-state index contributed by atoms with van der Waals surface area (Å²) in [5.74, 6) is -0.646. The normalized spacial score (nSPS) is 28.6. The van der Waals surface area contributed by atoms with Crippen LogP contribution in [0.15, 0.2) is 36.4 Å². The summed E-state index contributed by atoms with van der Waals surface area (Å²) in [7, 11) is 0. The maximum absolute atomic E-state index is 12.6.